The molecule has 0 unspecified atom stereocenters. The van der Waals surface area contributed by atoms with Crippen LogP contribution in [0, 0.1) is 17.1 Å². The van der Waals surface area contributed by atoms with E-state index in [9.17, 15) is 18.8 Å². The molecule has 0 saturated carbocycles. The van der Waals surface area contributed by atoms with Crippen LogP contribution >= 0.6 is 0 Å². The summed E-state index contributed by atoms with van der Waals surface area (Å²) >= 11 is 0. The van der Waals surface area contributed by atoms with E-state index in [4.69, 9.17) is 10.00 Å². The number of amides is 2. The number of rotatable bonds is 6. The van der Waals surface area contributed by atoms with Crippen LogP contribution in [0.3, 0.4) is 0 Å². The van der Waals surface area contributed by atoms with E-state index in [1.165, 1.54) is 31.2 Å². The van der Waals surface area contributed by atoms with E-state index in [1.807, 2.05) is 6.07 Å². The second-order valence-corrected chi connectivity index (χ2v) is 5.47. The van der Waals surface area contributed by atoms with Crippen molar-refractivity contribution < 1.29 is 23.5 Å². The quantitative estimate of drug-likeness (QED) is 0.757. The molecule has 2 rings (SSSR count). The van der Waals surface area contributed by atoms with Gasteiger partial charge < -0.3 is 15.4 Å². The molecule has 138 valence electrons. The molecule has 2 aromatic rings. The Balaban J connectivity index is 1.85. The Morgan fingerprint density at radius 3 is 2.63 bits per heavy atom. The number of hydrogen-bond donors (Lipinski definition) is 2. The summed E-state index contributed by atoms with van der Waals surface area (Å²) in [7, 11) is 0. The third kappa shape index (κ3) is 5.64. The summed E-state index contributed by atoms with van der Waals surface area (Å²) < 4.78 is 18.0. The first kappa shape index (κ1) is 19.6. The van der Waals surface area contributed by atoms with Crippen molar-refractivity contribution in [3.8, 4) is 6.07 Å². The summed E-state index contributed by atoms with van der Waals surface area (Å²) in [5.41, 5.74) is 0.626. The predicted octanol–water partition coefficient (Wildman–Crippen LogP) is 2.00. The third-order valence-electron chi connectivity index (χ3n) is 3.46. The van der Waals surface area contributed by atoms with Gasteiger partial charge in [0, 0.05) is 5.56 Å². The third-order valence-corrected chi connectivity index (χ3v) is 3.46. The molecule has 0 aliphatic carbocycles. The van der Waals surface area contributed by atoms with Gasteiger partial charge in [-0.15, -0.1) is 0 Å². The van der Waals surface area contributed by atoms with E-state index in [0.717, 1.165) is 6.07 Å². The lowest BCUT2D eigenvalue weighted by atomic mass is 10.2. The smallest absolute Gasteiger partial charge is 0.326 e. The number of halogens is 1. The highest BCUT2D eigenvalue weighted by Crippen LogP contribution is 2.14. The molecule has 0 spiro atoms. The van der Waals surface area contributed by atoms with Gasteiger partial charge in [0.1, 0.15) is 18.4 Å². The van der Waals surface area contributed by atoms with Gasteiger partial charge in [0.15, 0.2) is 6.10 Å². The van der Waals surface area contributed by atoms with E-state index >= 15 is 0 Å². The van der Waals surface area contributed by atoms with Crippen LogP contribution in [0.2, 0.25) is 0 Å². The number of para-hydroxylation sites is 1. The second kappa shape index (κ2) is 9.10. The number of carbonyl (C=O) groups is 3. The summed E-state index contributed by atoms with van der Waals surface area (Å²) in [4.78, 5) is 35.7. The number of benzene rings is 2. The van der Waals surface area contributed by atoms with Crippen LogP contribution in [-0.4, -0.2) is 30.4 Å². The number of nitrogens with one attached hydrogen (secondary N) is 2. The van der Waals surface area contributed by atoms with Gasteiger partial charge in [0.25, 0.3) is 11.8 Å². The predicted molar refractivity (Wildman–Crippen MR) is 94.1 cm³/mol. The van der Waals surface area contributed by atoms with Crippen LogP contribution in [0.4, 0.5) is 10.1 Å². The molecule has 0 aromatic heterocycles. The van der Waals surface area contributed by atoms with E-state index in [-0.39, 0.29) is 11.1 Å². The van der Waals surface area contributed by atoms with Crippen molar-refractivity contribution in [1.82, 2.24) is 5.32 Å². The van der Waals surface area contributed by atoms with E-state index in [2.05, 4.69) is 10.6 Å². The van der Waals surface area contributed by atoms with Gasteiger partial charge in [-0.1, -0.05) is 18.2 Å². The molecule has 2 amide bonds. The van der Waals surface area contributed by atoms with Gasteiger partial charge in [-0.2, -0.15) is 5.26 Å². The van der Waals surface area contributed by atoms with Gasteiger partial charge in [-0.3, -0.25) is 14.4 Å². The molecule has 2 aromatic carbocycles. The molecule has 2 N–H and O–H groups in total. The monoisotopic (exact) mass is 369 g/mol. The van der Waals surface area contributed by atoms with Crippen LogP contribution in [-0.2, 0) is 14.3 Å². The summed E-state index contributed by atoms with van der Waals surface area (Å²) in [5.74, 6) is -2.68. The lowest BCUT2D eigenvalue weighted by molar-refractivity contribution is -0.152. The van der Waals surface area contributed by atoms with Gasteiger partial charge in [-0.05, 0) is 37.3 Å². The van der Waals surface area contributed by atoms with Crippen molar-refractivity contribution >= 4 is 23.5 Å². The lowest BCUT2D eigenvalue weighted by Gasteiger charge is -2.14. The lowest BCUT2D eigenvalue weighted by Crippen LogP contribution is -2.36. The highest BCUT2D eigenvalue weighted by molar-refractivity contribution is 5.97. The standard InChI is InChI=1S/C19H16FN3O4/c1-12(18(25)23-16-8-3-2-5-14(16)10-21)27-17(24)11-22-19(26)13-6-4-7-15(20)9-13/h2-9,12H,11H2,1H3,(H,22,26)(H,23,25)/t12-/m0/s1. The van der Waals surface area contributed by atoms with E-state index in [0.29, 0.717) is 5.69 Å². The van der Waals surface area contributed by atoms with Crippen molar-refractivity contribution in [2.75, 3.05) is 11.9 Å². The molecule has 0 saturated heterocycles. The molecule has 7 nitrogen and oxygen atoms in total. The Bertz CT molecular complexity index is 908. The Morgan fingerprint density at radius 1 is 1.19 bits per heavy atom. The topological polar surface area (TPSA) is 108 Å². The van der Waals surface area contributed by atoms with Crippen molar-refractivity contribution in [1.29, 1.82) is 5.26 Å². The SMILES string of the molecule is C[C@H](OC(=O)CNC(=O)c1cccc(F)c1)C(=O)Nc1ccccc1C#N. The fourth-order valence-corrected chi connectivity index (χ4v) is 2.10. The zero-order valence-electron chi connectivity index (χ0n) is 14.4. The van der Waals surface area contributed by atoms with Crippen LogP contribution in [0.1, 0.15) is 22.8 Å². The zero-order chi connectivity index (χ0) is 19.8. The van der Waals surface area contributed by atoms with Crippen molar-refractivity contribution in [2.45, 2.75) is 13.0 Å². The molecule has 0 bridgehead atoms. The minimum Gasteiger partial charge on any atom is -0.451 e. The summed E-state index contributed by atoms with van der Waals surface area (Å²) in [5, 5.41) is 13.8. The first-order chi connectivity index (χ1) is 12.9. The number of anilines is 1. The van der Waals surface area contributed by atoms with E-state index < -0.39 is 36.2 Å². The first-order valence-electron chi connectivity index (χ1n) is 7.94. The van der Waals surface area contributed by atoms with Crippen LogP contribution in [0.25, 0.3) is 0 Å². The van der Waals surface area contributed by atoms with Crippen molar-refractivity contribution in [3.63, 3.8) is 0 Å². The number of ether oxygens (including phenoxy) is 1. The van der Waals surface area contributed by atoms with Gasteiger partial charge in [-0.25, -0.2) is 4.39 Å². The molecule has 0 fully saturated rings. The molecular weight excluding hydrogens is 353 g/mol. The molecule has 1 atom stereocenters. The summed E-state index contributed by atoms with van der Waals surface area (Å²) in [6.07, 6.45) is -1.14. The van der Waals surface area contributed by atoms with Crippen LogP contribution < -0.4 is 10.6 Å². The van der Waals surface area contributed by atoms with Gasteiger partial charge >= 0.3 is 5.97 Å². The first-order valence-corrected chi connectivity index (χ1v) is 7.94. The molecule has 8 heteroatoms. The number of esters is 1. The minimum absolute atomic E-state index is 0.0571. The Hall–Kier alpha value is -3.73. The summed E-state index contributed by atoms with van der Waals surface area (Å²) in [6.45, 7) is 0.873. The second-order valence-electron chi connectivity index (χ2n) is 5.47. The average Bonchev–Trinajstić information content (AvgIpc) is 2.66. The zero-order valence-corrected chi connectivity index (χ0v) is 14.4. The number of nitriles is 1. The fraction of sp³-hybridized carbons (Fsp3) is 0.158. The van der Waals surface area contributed by atoms with Crippen molar-refractivity contribution in [2.24, 2.45) is 0 Å². The molecular formula is C19H16FN3O4. The minimum atomic E-state index is -1.14. The number of hydrogen-bond acceptors (Lipinski definition) is 5. The molecule has 0 heterocycles. The van der Waals surface area contributed by atoms with Crippen LogP contribution in [0.15, 0.2) is 48.5 Å². The van der Waals surface area contributed by atoms with Gasteiger partial charge in [0.05, 0.1) is 11.3 Å². The number of nitrogens with zero attached hydrogens (tertiary/aromatic N) is 1. The fourth-order valence-electron chi connectivity index (χ4n) is 2.10. The molecule has 0 radical (unpaired) electrons. The maximum absolute atomic E-state index is 13.1. The Labute approximate surface area is 154 Å². The summed E-state index contributed by atoms with van der Waals surface area (Å²) in [6, 6.07) is 13.3. The Kier molecular flexibility index (Phi) is 6.61. The number of carbonyl (C=O) groups excluding carboxylic acids is 3. The van der Waals surface area contributed by atoms with Crippen LogP contribution in [0.5, 0.6) is 0 Å². The molecule has 0 aliphatic heterocycles. The van der Waals surface area contributed by atoms with E-state index in [1.54, 1.807) is 18.2 Å². The van der Waals surface area contributed by atoms with Crippen molar-refractivity contribution in [3.05, 3.63) is 65.5 Å². The Morgan fingerprint density at radius 2 is 1.93 bits per heavy atom. The normalized spacial score (nSPS) is 11.0. The highest BCUT2D eigenvalue weighted by Gasteiger charge is 2.19. The molecule has 0 aliphatic rings. The molecule has 27 heavy (non-hydrogen) atoms. The van der Waals surface area contributed by atoms with Gasteiger partial charge in [0.2, 0.25) is 0 Å². The average molecular weight is 369 g/mol. The highest BCUT2D eigenvalue weighted by atomic mass is 19.1. The largest absolute Gasteiger partial charge is 0.451 e. The maximum atomic E-state index is 13.1. The maximum Gasteiger partial charge on any atom is 0.326 e.